The van der Waals surface area contributed by atoms with Crippen molar-refractivity contribution in [2.24, 2.45) is 11.7 Å². The lowest BCUT2D eigenvalue weighted by atomic mass is 9.94. The van der Waals surface area contributed by atoms with Gasteiger partial charge in [-0.25, -0.2) is 0 Å². The molecule has 2 atom stereocenters. The van der Waals surface area contributed by atoms with E-state index in [2.05, 4.69) is 0 Å². The minimum absolute atomic E-state index is 0.00690. The topological polar surface area (TPSA) is 89.5 Å². The molecule has 0 spiro atoms. The zero-order valence-corrected chi connectivity index (χ0v) is 12.9. The lowest BCUT2D eigenvalue weighted by Crippen LogP contribution is -2.42. The number of nitrogens with two attached hydrogens (primary N) is 1. The highest BCUT2D eigenvalue weighted by Crippen LogP contribution is 2.25. The molecule has 0 aromatic heterocycles. The van der Waals surface area contributed by atoms with Crippen LogP contribution in [-0.2, 0) is 11.3 Å². The lowest BCUT2D eigenvalue weighted by Gasteiger charge is -2.26. The van der Waals surface area contributed by atoms with Crippen LogP contribution in [0.15, 0.2) is 24.3 Å². The number of amides is 1. The SMILES string of the molecule is CN(Cc1ccccc1[N+](=O)[O-])C(=O)[C@H]1CCCCC[C@@H]1N. The van der Waals surface area contributed by atoms with E-state index in [0.717, 1.165) is 32.1 Å². The maximum absolute atomic E-state index is 12.6. The summed E-state index contributed by atoms with van der Waals surface area (Å²) in [5.74, 6) is -0.178. The second-order valence-corrected chi connectivity index (χ2v) is 5.99. The van der Waals surface area contributed by atoms with Crippen LogP contribution in [0.2, 0.25) is 0 Å². The summed E-state index contributed by atoms with van der Waals surface area (Å²) in [5, 5.41) is 11.1. The normalized spacial score (nSPS) is 21.9. The molecule has 1 aliphatic rings. The van der Waals surface area contributed by atoms with Crippen molar-refractivity contribution >= 4 is 11.6 Å². The first kappa shape index (κ1) is 16.4. The zero-order valence-electron chi connectivity index (χ0n) is 12.9. The molecule has 2 N–H and O–H groups in total. The van der Waals surface area contributed by atoms with Crippen LogP contribution in [0.4, 0.5) is 5.69 Å². The van der Waals surface area contributed by atoms with Gasteiger partial charge >= 0.3 is 0 Å². The molecule has 6 heteroatoms. The van der Waals surface area contributed by atoms with Gasteiger partial charge in [-0.15, -0.1) is 0 Å². The van der Waals surface area contributed by atoms with E-state index in [4.69, 9.17) is 5.73 Å². The van der Waals surface area contributed by atoms with Gasteiger partial charge in [0.2, 0.25) is 5.91 Å². The number of nitro groups is 1. The highest BCUT2D eigenvalue weighted by atomic mass is 16.6. The van der Waals surface area contributed by atoms with E-state index in [-0.39, 0.29) is 30.1 Å². The van der Waals surface area contributed by atoms with Gasteiger partial charge in [-0.05, 0) is 12.8 Å². The summed E-state index contributed by atoms with van der Waals surface area (Å²) >= 11 is 0. The molecule has 0 radical (unpaired) electrons. The van der Waals surface area contributed by atoms with Crippen molar-refractivity contribution in [2.45, 2.75) is 44.7 Å². The van der Waals surface area contributed by atoms with Crippen LogP contribution in [0, 0.1) is 16.0 Å². The first-order valence-corrected chi connectivity index (χ1v) is 7.73. The number of hydrogen-bond donors (Lipinski definition) is 1. The van der Waals surface area contributed by atoms with Gasteiger partial charge in [0.05, 0.1) is 17.4 Å². The molecule has 22 heavy (non-hydrogen) atoms. The molecule has 1 aliphatic carbocycles. The van der Waals surface area contributed by atoms with Gasteiger partial charge in [0, 0.05) is 24.7 Å². The van der Waals surface area contributed by atoms with Crippen molar-refractivity contribution in [2.75, 3.05) is 7.05 Å². The Morgan fingerprint density at radius 2 is 2.00 bits per heavy atom. The largest absolute Gasteiger partial charge is 0.341 e. The number of hydrogen-bond acceptors (Lipinski definition) is 4. The van der Waals surface area contributed by atoms with E-state index in [0.29, 0.717) is 5.56 Å². The maximum Gasteiger partial charge on any atom is 0.274 e. The van der Waals surface area contributed by atoms with Crippen LogP contribution in [0.5, 0.6) is 0 Å². The summed E-state index contributed by atoms with van der Waals surface area (Å²) in [6.07, 6.45) is 4.88. The first-order valence-electron chi connectivity index (χ1n) is 7.73. The number of carbonyl (C=O) groups excluding carboxylic acids is 1. The van der Waals surface area contributed by atoms with Crippen molar-refractivity contribution in [1.82, 2.24) is 4.90 Å². The summed E-state index contributed by atoms with van der Waals surface area (Å²) in [7, 11) is 1.69. The third kappa shape index (κ3) is 3.82. The summed E-state index contributed by atoms with van der Waals surface area (Å²) in [4.78, 5) is 24.8. The van der Waals surface area contributed by atoms with Crippen LogP contribution in [0.25, 0.3) is 0 Å². The third-order valence-corrected chi connectivity index (χ3v) is 4.36. The summed E-state index contributed by atoms with van der Waals surface area (Å²) in [6, 6.07) is 6.42. The van der Waals surface area contributed by atoms with Gasteiger partial charge < -0.3 is 10.6 Å². The van der Waals surface area contributed by atoms with Crippen LogP contribution < -0.4 is 5.73 Å². The number of rotatable bonds is 4. The van der Waals surface area contributed by atoms with Crippen LogP contribution in [-0.4, -0.2) is 28.8 Å². The Labute approximate surface area is 130 Å². The Kier molecular flexibility index (Phi) is 5.49. The number of para-hydroxylation sites is 1. The van der Waals surface area contributed by atoms with E-state index in [1.54, 1.807) is 30.1 Å². The van der Waals surface area contributed by atoms with E-state index in [1.165, 1.54) is 6.07 Å². The van der Waals surface area contributed by atoms with Crippen LogP contribution in [0.1, 0.15) is 37.7 Å². The van der Waals surface area contributed by atoms with Crippen molar-refractivity contribution in [3.63, 3.8) is 0 Å². The third-order valence-electron chi connectivity index (χ3n) is 4.36. The molecule has 6 nitrogen and oxygen atoms in total. The van der Waals surface area contributed by atoms with Gasteiger partial charge in [0.1, 0.15) is 0 Å². The van der Waals surface area contributed by atoms with E-state index in [1.807, 2.05) is 0 Å². The average Bonchev–Trinajstić information content (AvgIpc) is 2.71. The molecule has 0 aliphatic heterocycles. The molecule has 1 aromatic carbocycles. The van der Waals surface area contributed by atoms with E-state index < -0.39 is 4.92 Å². The number of nitro benzene ring substituents is 1. The maximum atomic E-state index is 12.6. The van der Waals surface area contributed by atoms with E-state index >= 15 is 0 Å². The van der Waals surface area contributed by atoms with Gasteiger partial charge in [-0.2, -0.15) is 0 Å². The van der Waals surface area contributed by atoms with Gasteiger partial charge in [-0.1, -0.05) is 37.5 Å². The molecular formula is C16H23N3O3. The van der Waals surface area contributed by atoms with Gasteiger partial charge in [0.25, 0.3) is 5.69 Å². The summed E-state index contributed by atoms with van der Waals surface area (Å²) < 4.78 is 0. The molecule has 0 bridgehead atoms. The zero-order chi connectivity index (χ0) is 16.1. The second-order valence-electron chi connectivity index (χ2n) is 5.99. The second kappa shape index (κ2) is 7.35. The first-order chi connectivity index (χ1) is 10.5. The predicted octanol–water partition coefficient (Wildman–Crippen LogP) is 2.46. The molecule has 0 saturated heterocycles. The Hall–Kier alpha value is -1.95. The standard InChI is InChI=1S/C16H23N3O3/c1-18(11-12-7-5-6-10-15(12)19(21)22)16(20)13-8-3-2-4-9-14(13)17/h5-7,10,13-14H,2-4,8-9,11,17H2,1H3/t13-,14-/m0/s1. The number of nitrogens with zero attached hydrogens (tertiary/aromatic N) is 2. The van der Waals surface area contributed by atoms with Crippen molar-refractivity contribution < 1.29 is 9.72 Å². The smallest absolute Gasteiger partial charge is 0.274 e. The highest BCUT2D eigenvalue weighted by molar-refractivity contribution is 5.79. The summed E-state index contributed by atoms with van der Waals surface area (Å²) in [5.41, 5.74) is 6.73. The number of carbonyl (C=O) groups is 1. The molecule has 1 saturated carbocycles. The molecule has 2 rings (SSSR count). The fourth-order valence-electron chi connectivity index (χ4n) is 3.08. The Morgan fingerprint density at radius 3 is 2.73 bits per heavy atom. The highest BCUT2D eigenvalue weighted by Gasteiger charge is 2.29. The predicted molar refractivity (Wildman–Crippen MR) is 84.1 cm³/mol. The monoisotopic (exact) mass is 305 g/mol. The molecule has 120 valence electrons. The Balaban J connectivity index is 2.09. The molecule has 0 unspecified atom stereocenters. The van der Waals surface area contributed by atoms with Crippen LogP contribution in [0.3, 0.4) is 0 Å². The molecule has 1 amide bonds. The van der Waals surface area contributed by atoms with Gasteiger partial charge in [-0.3, -0.25) is 14.9 Å². The van der Waals surface area contributed by atoms with Crippen molar-refractivity contribution in [1.29, 1.82) is 0 Å². The molecular weight excluding hydrogens is 282 g/mol. The molecule has 0 heterocycles. The lowest BCUT2D eigenvalue weighted by molar-refractivity contribution is -0.385. The van der Waals surface area contributed by atoms with Crippen molar-refractivity contribution in [3.05, 3.63) is 39.9 Å². The molecule has 1 fully saturated rings. The fourth-order valence-corrected chi connectivity index (χ4v) is 3.08. The number of benzene rings is 1. The minimum Gasteiger partial charge on any atom is -0.341 e. The quantitative estimate of drug-likeness (QED) is 0.525. The van der Waals surface area contributed by atoms with E-state index in [9.17, 15) is 14.9 Å². The van der Waals surface area contributed by atoms with Gasteiger partial charge in [0.15, 0.2) is 0 Å². The summed E-state index contributed by atoms with van der Waals surface area (Å²) in [6.45, 7) is 0.235. The van der Waals surface area contributed by atoms with Crippen LogP contribution >= 0.6 is 0 Å². The Bertz CT molecular complexity index is 547. The Morgan fingerprint density at radius 1 is 1.32 bits per heavy atom. The average molecular weight is 305 g/mol. The van der Waals surface area contributed by atoms with Crippen molar-refractivity contribution in [3.8, 4) is 0 Å². The minimum atomic E-state index is -0.412. The fraction of sp³-hybridized carbons (Fsp3) is 0.562. The molecule has 1 aromatic rings.